The van der Waals surface area contributed by atoms with Gasteiger partial charge in [0.15, 0.2) is 11.6 Å². The lowest BCUT2D eigenvalue weighted by Crippen LogP contribution is -2.47. The van der Waals surface area contributed by atoms with E-state index in [1.165, 1.54) is 18.9 Å². The smallest absolute Gasteiger partial charge is 0.167 e. The van der Waals surface area contributed by atoms with E-state index in [2.05, 4.69) is 4.90 Å². The average molecular weight is 294 g/mol. The van der Waals surface area contributed by atoms with Gasteiger partial charge in [0.25, 0.3) is 0 Å². The van der Waals surface area contributed by atoms with Crippen LogP contribution >= 0.6 is 0 Å². The highest BCUT2D eigenvalue weighted by Crippen LogP contribution is 2.37. The van der Waals surface area contributed by atoms with Gasteiger partial charge in [0, 0.05) is 37.5 Å². The van der Waals surface area contributed by atoms with Crippen molar-refractivity contribution in [3.63, 3.8) is 0 Å². The second-order valence-electron chi connectivity index (χ2n) is 6.02. The van der Waals surface area contributed by atoms with E-state index in [0.29, 0.717) is 23.5 Å². The van der Waals surface area contributed by atoms with E-state index in [1.54, 1.807) is 19.2 Å². The number of nitrogens with two attached hydrogens (primary N) is 1. The normalized spacial score (nSPS) is 28.8. The maximum Gasteiger partial charge on any atom is 0.167 e. The molecular formula is C16H23FN2O2. The van der Waals surface area contributed by atoms with Gasteiger partial charge < -0.3 is 15.2 Å². The minimum atomic E-state index is -0.371. The Morgan fingerprint density at radius 3 is 2.62 bits per heavy atom. The van der Waals surface area contributed by atoms with Gasteiger partial charge in [-0.05, 0) is 37.8 Å². The van der Waals surface area contributed by atoms with Crippen LogP contribution in [-0.2, 0) is 4.74 Å². The van der Waals surface area contributed by atoms with Crippen molar-refractivity contribution in [2.24, 2.45) is 0 Å². The summed E-state index contributed by atoms with van der Waals surface area (Å²) in [6.07, 6.45) is 4.43. The lowest BCUT2D eigenvalue weighted by atomic mass is 9.99. The Bertz CT molecular complexity index is 483. The molecule has 0 unspecified atom stereocenters. The van der Waals surface area contributed by atoms with E-state index in [1.807, 2.05) is 0 Å². The molecule has 1 aromatic rings. The van der Waals surface area contributed by atoms with E-state index < -0.39 is 0 Å². The summed E-state index contributed by atoms with van der Waals surface area (Å²) in [5.74, 6) is -0.0527. The highest BCUT2D eigenvalue weighted by molar-refractivity contribution is 5.42. The fourth-order valence-electron chi connectivity index (χ4n) is 3.67. The van der Waals surface area contributed by atoms with Gasteiger partial charge in [-0.25, -0.2) is 4.39 Å². The topological polar surface area (TPSA) is 47.7 Å². The third-order valence-electron chi connectivity index (χ3n) is 4.64. The van der Waals surface area contributed by atoms with Crippen molar-refractivity contribution in [2.75, 3.05) is 26.0 Å². The van der Waals surface area contributed by atoms with Crippen LogP contribution in [0, 0.1) is 5.82 Å². The zero-order valence-electron chi connectivity index (χ0n) is 12.4. The molecule has 0 radical (unpaired) electrons. The molecular weight excluding hydrogens is 271 g/mol. The number of anilines is 1. The molecule has 2 heterocycles. The van der Waals surface area contributed by atoms with Gasteiger partial charge in [-0.2, -0.15) is 0 Å². The van der Waals surface area contributed by atoms with Crippen molar-refractivity contribution >= 4 is 5.69 Å². The van der Waals surface area contributed by atoms with Crippen molar-refractivity contribution in [3.8, 4) is 5.75 Å². The van der Waals surface area contributed by atoms with E-state index >= 15 is 0 Å². The third-order valence-corrected chi connectivity index (χ3v) is 4.64. The van der Waals surface area contributed by atoms with Gasteiger partial charge in [0.05, 0.1) is 6.61 Å². The van der Waals surface area contributed by atoms with Gasteiger partial charge in [-0.3, -0.25) is 4.90 Å². The molecule has 21 heavy (non-hydrogen) atoms. The zero-order chi connectivity index (χ0) is 14.8. The number of nitrogen functional groups attached to an aromatic ring is 1. The maximum absolute atomic E-state index is 13.8. The Hall–Kier alpha value is -1.33. The SMILES string of the molecule is COCCN1[C@@H]2CC[C@H]1C[C@@H](Oc1ccc(N)cc1F)C2. The molecule has 0 spiro atoms. The predicted molar refractivity (Wildman–Crippen MR) is 79.9 cm³/mol. The summed E-state index contributed by atoms with van der Waals surface area (Å²) in [7, 11) is 1.74. The van der Waals surface area contributed by atoms with Gasteiger partial charge in [0.1, 0.15) is 6.10 Å². The minimum absolute atomic E-state index is 0.0967. The second-order valence-corrected chi connectivity index (χ2v) is 6.02. The number of fused-ring (bicyclic) bond motifs is 2. The average Bonchev–Trinajstić information content (AvgIpc) is 2.69. The summed E-state index contributed by atoms with van der Waals surface area (Å²) in [4.78, 5) is 2.53. The van der Waals surface area contributed by atoms with E-state index in [4.69, 9.17) is 15.2 Å². The van der Waals surface area contributed by atoms with Crippen molar-refractivity contribution in [1.29, 1.82) is 0 Å². The van der Waals surface area contributed by atoms with Crippen LogP contribution < -0.4 is 10.5 Å². The molecule has 0 amide bonds. The summed E-state index contributed by atoms with van der Waals surface area (Å²) in [5.41, 5.74) is 5.99. The molecule has 0 aromatic heterocycles. The molecule has 1 aromatic carbocycles. The van der Waals surface area contributed by atoms with Crippen molar-refractivity contribution in [3.05, 3.63) is 24.0 Å². The number of methoxy groups -OCH3 is 1. The minimum Gasteiger partial charge on any atom is -0.487 e. The van der Waals surface area contributed by atoms with Crippen LogP contribution in [0.3, 0.4) is 0 Å². The molecule has 0 aliphatic carbocycles. The molecule has 2 saturated heterocycles. The Morgan fingerprint density at radius 1 is 1.29 bits per heavy atom. The number of hydrogen-bond acceptors (Lipinski definition) is 4. The van der Waals surface area contributed by atoms with Crippen molar-refractivity contribution in [2.45, 2.75) is 43.9 Å². The van der Waals surface area contributed by atoms with Gasteiger partial charge >= 0.3 is 0 Å². The molecule has 0 saturated carbocycles. The number of rotatable bonds is 5. The van der Waals surface area contributed by atoms with E-state index in [9.17, 15) is 4.39 Å². The van der Waals surface area contributed by atoms with Crippen molar-refractivity contribution < 1.29 is 13.9 Å². The third kappa shape index (κ3) is 3.14. The number of nitrogens with zero attached hydrogens (tertiary/aromatic N) is 1. The first-order chi connectivity index (χ1) is 10.2. The summed E-state index contributed by atoms with van der Waals surface area (Å²) in [6.45, 7) is 1.75. The number of piperidine rings is 1. The molecule has 3 rings (SSSR count). The standard InChI is InChI=1S/C16H23FN2O2/c1-20-7-6-19-12-3-4-13(19)10-14(9-12)21-16-5-2-11(18)8-15(16)17/h2,5,8,12-14H,3-4,6-7,9-10,18H2,1H3/t12-,13+,14+. The second kappa shape index (κ2) is 6.20. The van der Waals surface area contributed by atoms with Crippen LogP contribution in [0.15, 0.2) is 18.2 Å². The number of benzene rings is 1. The van der Waals surface area contributed by atoms with Crippen LogP contribution in [0.1, 0.15) is 25.7 Å². The molecule has 2 N–H and O–H groups in total. The van der Waals surface area contributed by atoms with Crippen LogP contribution in [-0.4, -0.2) is 43.3 Å². The maximum atomic E-state index is 13.8. The van der Waals surface area contributed by atoms with Gasteiger partial charge in [0.2, 0.25) is 0 Å². The lowest BCUT2D eigenvalue weighted by Gasteiger charge is -2.38. The molecule has 2 aliphatic heterocycles. The first-order valence-corrected chi connectivity index (χ1v) is 7.63. The Balaban J connectivity index is 1.62. The van der Waals surface area contributed by atoms with Crippen LogP contribution in [0.2, 0.25) is 0 Å². The fourth-order valence-corrected chi connectivity index (χ4v) is 3.67. The molecule has 4 nitrogen and oxygen atoms in total. The van der Waals surface area contributed by atoms with E-state index in [-0.39, 0.29) is 11.9 Å². The molecule has 5 heteroatoms. The molecule has 2 fully saturated rings. The van der Waals surface area contributed by atoms with Crippen molar-refractivity contribution in [1.82, 2.24) is 4.90 Å². The molecule has 116 valence electrons. The Kier molecular flexibility index (Phi) is 4.31. The largest absolute Gasteiger partial charge is 0.487 e. The number of ether oxygens (including phenoxy) is 2. The van der Waals surface area contributed by atoms with Crippen LogP contribution in [0.5, 0.6) is 5.75 Å². The Labute approximate surface area is 125 Å². The van der Waals surface area contributed by atoms with Crippen LogP contribution in [0.4, 0.5) is 10.1 Å². The first-order valence-electron chi connectivity index (χ1n) is 7.63. The lowest BCUT2D eigenvalue weighted by molar-refractivity contribution is 0.0316. The summed E-state index contributed by atoms with van der Waals surface area (Å²) in [6, 6.07) is 5.71. The predicted octanol–water partition coefficient (Wildman–Crippen LogP) is 2.43. The van der Waals surface area contributed by atoms with Gasteiger partial charge in [-0.1, -0.05) is 0 Å². The van der Waals surface area contributed by atoms with Crippen LogP contribution in [0.25, 0.3) is 0 Å². The highest BCUT2D eigenvalue weighted by atomic mass is 19.1. The zero-order valence-corrected chi connectivity index (χ0v) is 12.4. The summed E-state index contributed by atoms with van der Waals surface area (Å²) < 4.78 is 24.9. The molecule has 2 aliphatic rings. The van der Waals surface area contributed by atoms with E-state index in [0.717, 1.165) is 26.0 Å². The number of hydrogen-bond donors (Lipinski definition) is 1. The highest BCUT2D eigenvalue weighted by Gasteiger charge is 2.41. The first kappa shape index (κ1) is 14.6. The Morgan fingerprint density at radius 2 is 2.00 bits per heavy atom. The summed E-state index contributed by atoms with van der Waals surface area (Å²) in [5, 5.41) is 0. The van der Waals surface area contributed by atoms with Gasteiger partial charge in [-0.15, -0.1) is 0 Å². The summed E-state index contributed by atoms with van der Waals surface area (Å²) >= 11 is 0. The fraction of sp³-hybridized carbons (Fsp3) is 0.625. The number of halogens is 1. The quantitative estimate of drug-likeness (QED) is 0.847. The monoisotopic (exact) mass is 294 g/mol. The molecule has 3 atom stereocenters. The molecule has 2 bridgehead atoms.